The van der Waals surface area contributed by atoms with Crippen molar-refractivity contribution >= 4 is 33.4 Å². The average Bonchev–Trinajstić information content (AvgIpc) is 3.34. The van der Waals surface area contributed by atoms with Crippen molar-refractivity contribution in [1.29, 1.82) is 0 Å². The Hall–Kier alpha value is -3.48. The minimum absolute atomic E-state index is 0.0839. The fourth-order valence-electron chi connectivity index (χ4n) is 4.13. The predicted octanol–water partition coefficient (Wildman–Crippen LogP) is 3.12. The number of phenols is 1. The number of carboxylic acid groups (broad SMARTS) is 1. The fraction of sp³-hybridized carbons (Fsp3) is 0.238. The number of hydrogen-bond donors (Lipinski definition) is 2. The number of carbonyl (C=O) groups is 2. The van der Waals surface area contributed by atoms with Crippen molar-refractivity contribution in [2.24, 2.45) is 0 Å². The van der Waals surface area contributed by atoms with E-state index >= 15 is 0 Å². The van der Waals surface area contributed by atoms with Crippen LogP contribution in [0.5, 0.6) is 17.2 Å². The van der Waals surface area contributed by atoms with Crippen LogP contribution in [0.25, 0.3) is 21.5 Å². The van der Waals surface area contributed by atoms with Gasteiger partial charge in [-0.25, -0.2) is 4.79 Å². The molecule has 3 aromatic rings. The number of amides is 1. The van der Waals surface area contributed by atoms with Gasteiger partial charge in [-0.1, -0.05) is 0 Å². The Balaban J connectivity index is 1.75. The Morgan fingerprint density at radius 3 is 2.57 bits per heavy atom. The van der Waals surface area contributed by atoms with E-state index in [0.717, 1.165) is 10.8 Å². The largest absolute Gasteiger partial charge is 0.508 e. The van der Waals surface area contributed by atoms with Gasteiger partial charge in [0.15, 0.2) is 11.5 Å². The van der Waals surface area contributed by atoms with Crippen LogP contribution in [0.3, 0.4) is 0 Å². The van der Waals surface area contributed by atoms with Crippen LogP contribution in [0.15, 0.2) is 36.4 Å². The maximum atomic E-state index is 13.3. The number of rotatable bonds is 2. The van der Waals surface area contributed by atoms with Crippen LogP contribution >= 0.6 is 0 Å². The highest BCUT2D eigenvalue weighted by Gasteiger charge is 2.35. The third-order valence-corrected chi connectivity index (χ3v) is 5.46. The van der Waals surface area contributed by atoms with E-state index in [1.165, 1.54) is 11.0 Å². The van der Waals surface area contributed by atoms with Gasteiger partial charge in [-0.05, 0) is 70.8 Å². The summed E-state index contributed by atoms with van der Waals surface area (Å²) in [4.78, 5) is 26.2. The lowest BCUT2D eigenvalue weighted by molar-refractivity contribution is -0.141. The van der Waals surface area contributed by atoms with Crippen molar-refractivity contribution in [2.45, 2.75) is 18.9 Å². The summed E-state index contributed by atoms with van der Waals surface area (Å²) in [6, 6.07) is 9.41. The Morgan fingerprint density at radius 2 is 1.79 bits per heavy atom. The van der Waals surface area contributed by atoms with Crippen LogP contribution in [0, 0.1) is 0 Å². The zero-order chi connectivity index (χ0) is 19.4. The first-order valence-corrected chi connectivity index (χ1v) is 9.06. The predicted molar refractivity (Wildman–Crippen MR) is 101 cm³/mol. The van der Waals surface area contributed by atoms with Crippen molar-refractivity contribution in [3.8, 4) is 17.2 Å². The molecule has 1 fully saturated rings. The molecular weight excluding hydrogens is 362 g/mol. The van der Waals surface area contributed by atoms with Crippen LogP contribution in [-0.4, -0.2) is 46.4 Å². The first-order chi connectivity index (χ1) is 13.5. The number of ether oxygens (including phenoxy) is 2. The highest BCUT2D eigenvalue weighted by atomic mass is 16.7. The van der Waals surface area contributed by atoms with Gasteiger partial charge in [0, 0.05) is 12.1 Å². The highest BCUT2D eigenvalue weighted by molar-refractivity contribution is 6.18. The number of benzene rings is 3. The zero-order valence-corrected chi connectivity index (χ0v) is 14.8. The zero-order valence-electron chi connectivity index (χ0n) is 14.8. The first kappa shape index (κ1) is 16.7. The van der Waals surface area contributed by atoms with Crippen molar-refractivity contribution < 1.29 is 29.3 Å². The first-order valence-electron chi connectivity index (χ1n) is 9.06. The molecule has 2 aliphatic heterocycles. The molecule has 142 valence electrons. The maximum Gasteiger partial charge on any atom is 0.326 e. The molecule has 2 aliphatic rings. The summed E-state index contributed by atoms with van der Waals surface area (Å²) >= 11 is 0. The molecule has 7 heteroatoms. The van der Waals surface area contributed by atoms with Crippen LogP contribution < -0.4 is 9.47 Å². The molecule has 0 spiro atoms. The van der Waals surface area contributed by atoms with Crippen LogP contribution in [0.2, 0.25) is 0 Å². The van der Waals surface area contributed by atoms with Gasteiger partial charge in [0.2, 0.25) is 6.79 Å². The van der Waals surface area contributed by atoms with E-state index in [0.29, 0.717) is 47.2 Å². The van der Waals surface area contributed by atoms with Crippen molar-refractivity contribution in [2.75, 3.05) is 13.3 Å². The van der Waals surface area contributed by atoms with E-state index in [2.05, 4.69) is 0 Å². The lowest BCUT2D eigenvalue weighted by Crippen LogP contribution is -2.40. The Labute approximate surface area is 159 Å². The second kappa shape index (κ2) is 6.02. The number of nitrogens with zero attached hydrogens (tertiary/aromatic N) is 1. The van der Waals surface area contributed by atoms with E-state index in [-0.39, 0.29) is 18.4 Å². The molecule has 0 aliphatic carbocycles. The van der Waals surface area contributed by atoms with Crippen molar-refractivity contribution in [1.82, 2.24) is 4.90 Å². The normalized spacial score (nSPS) is 18.1. The third kappa shape index (κ3) is 2.43. The summed E-state index contributed by atoms with van der Waals surface area (Å²) in [5, 5.41) is 22.4. The maximum absolute atomic E-state index is 13.3. The smallest absolute Gasteiger partial charge is 0.326 e. The minimum Gasteiger partial charge on any atom is -0.508 e. The number of aliphatic carboxylic acids is 1. The molecule has 1 saturated heterocycles. The number of aromatic hydroxyl groups is 1. The van der Waals surface area contributed by atoms with E-state index in [1.54, 1.807) is 24.3 Å². The molecule has 1 atom stereocenters. The number of fused-ring (bicyclic) bond motifs is 4. The summed E-state index contributed by atoms with van der Waals surface area (Å²) in [5.74, 6) is -0.0190. The molecule has 0 unspecified atom stereocenters. The summed E-state index contributed by atoms with van der Waals surface area (Å²) < 4.78 is 10.9. The average molecular weight is 379 g/mol. The molecule has 0 saturated carbocycles. The summed E-state index contributed by atoms with van der Waals surface area (Å²) in [5.41, 5.74) is 0.412. The molecule has 0 radical (unpaired) electrons. The number of carbonyl (C=O) groups excluding carboxylic acids is 1. The van der Waals surface area contributed by atoms with Gasteiger partial charge in [0.25, 0.3) is 5.91 Å². The van der Waals surface area contributed by atoms with Crippen molar-refractivity contribution in [3.05, 3.63) is 42.0 Å². The number of phenolic OH excluding ortho intramolecular Hbond substituents is 1. The molecule has 5 rings (SSSR count). The minimum atomic E-state index is -0.989. The standard InChI is InChI=1S/C21H17NO6/c23-12-3-4-13-15(8-12)14-9-19-18(27-10-28-19)7-11(14)6-16(13)20(24)22-5-1-2-17(22)21(25)26/h3-4,6-9,17,23H,1-2,5,10H2,(H,25,26)/t17-/m1/s1. The third-order valence-electron chi connectivity index (χ3n) is 5.46. The monoisotopic (exact) mass is 379 g/mol. The number of likely N-dealkylation sites (tertiary alicyclic amines) is 1. The molecule has 3 aromatic carbocycles. The van der Waals surface area contributed by atoms with Gasteiger partial charge in [0.05, 0.1) is 0 Å². The summed E-state index contributed by atoms with van der Waals surface area (Å²) in [6.45, 7) is 0.545. The SMILES string of the molecule is O=C(O)[C@H]1CCCN1C(=O)c1cc2cc3c(cc2c2cc(O)ccc12)OCO3. The molecule has 0 bridgehead atoms. The molecule has 28 heavy (non-hydrogen) atoms. The topological polar surface area (TPSA) is 96.3 Å². The molecule has 2 N–H and O–H groups in total. The van der Waals surface area contributed by atoms with Gasteiger partial charge in [0.1, 0.15) is 11.8 Å². The second-order valence-corrected chi connectivity index (χ2v) is 7.08. The summed E-state index contributed by atoms with van der Waals surface area (Å²) in [6.07, 6.45) is 1.11. The summed E-state index contributed by atoms with van der Waals surface area (Å²) in [7, 11) is 0. The lowest BCUT2D eigenvalue weighted by Gasteiger charge is -2.22. The molecule has 7 nitrogen and oxygen atoms in total. The molecule has 2 heterocycles. The quantitative estimate of drug-likeness (QED) is 0.664. The van der Waals surface area contributed by atoms with Crippen LogP contribution in [-0.2, 0) is 4.79 Å². The molecule has 1 amide bonds. The number of carboxylic acids is 1. The van der Waals surface area contributed by atoms with Gasteiger partial charge in [-0.15, -0.1) is 0 Å². The molecular formula is C21H17NO6. The van der Waals surface area contributed by atoms with Gasteiger partial charge in [-0.2, -0.15) is 0 Å². The Morgan fingerprint density at radius 1 is 1.00 bits per heavy atom. The van der Waals surface area contributed by atoms with Crippen LogP contribution in [0.1, 0.15) is 23.2 Å². The van der Waals surface area contributed by atoms with E-state index in [4.69, 9.17) is 9.47 Å². The van der Waals surface area contributed by atoms with Gasteiger partial charge < -0.3 is 24.6 Å². The van der Waals surface area contributed by atoms with E-state index in [1.807, 2.05) is 6.07 Å². The number of hydrogen-bond acceptors (Lipinski definition) is 5. The van der Waals surface area contributed by atoms with Crippen molar-refractivity contribution in [3.63, 3.8) is 0 Å². The van der Waals surface area contributed by atoms with E-state index in [9.17, 15) is 19.8 Å². The fourth-order valence-corrected chi connectivity index (χ4v) is 4.13. The van der Waals surface area contributed by atoms with Gasteiger partial charge >= 0.3 is 5.97 Å². The molecule has 0 aromatic heterocycles. The Bertz CT molecular complexity index is 1150. The van der Waals surface area contributed by atoms with Gasteiger partial charge in [-0.3, -0.25) is 4.79 Å². The van der Waals surface area contributed by atoms with Crippen LogP contribution in [0.4, 0.5) is 0 Å². The van der Waals surface area contributed by atoms with E-state index < -0.39 is 12.0 Å². The Kier molecular flexibility index (Phi) is 3.58. The lowest BCUT2D eigenvalue weighted by atomic mass is 9.95. The highest BCUT2D eigenvalue weighted by Crippen LogP contribution is 2.40. The second-order valence-electron chi connectivity index (χ2n) is 7.08.